The van der Waals surface area contributed by atoms with E-state index in [4.69, 9.17) is 11.6 Å². The Kier molecular flexibility index (Phi) is 5.44. The summed E-state index contributed by atoms with van der Waals surface area (Å²) in [4.78, 5) is 12.2. The van der Waals surface area contributed by atoms with Gasteiger partial charge in [-0.1, -0.05) is 35.9 Å². The zero-order valence-corrected chi connectivity index (χ0v) is 15.4. The van der Waals surface area contributed by atoms with Gasteiger partial charge >= 0.3 is 0 Å². The summed E-state index contributed by atoms with van der Waals surface area (Å²) < 4.78 is 2.26. The third kappa shape index (κ3) is 4.05. The number of carbonyl (C=O) groups is 1. The highest BCUT2D eigenvalue weighted by atomic mass is 35.5. The maximum atomic E-state index is 12.2. The molecule has 0 saturated carbocycles. The van der Waals surface area contributed by atoms with Gasteiger partial charge in [0.05, 0.1) is 0 Å². The molecule has 0 saturated heterocycles. The Balaban J connectivity index is 1.61. The van der Waals surface area contributed by atoms with Crippen LogP contribution in [0, 0.1) is 6.92 Å². The van der Waals surface area contributed by atoms with E-state index in [0.717, 1.165) is 30.6 Å². The van der Waals surface area contributed by atoms with Crippen LogP contribution in [0.3, 0.4) is 0 Å². The first kappa shape index (κ1) is 17.6. The lowest BCUT2D eigenvalue weighted by Crippen LogP contribution is -2.12. The third-order valence-corrected chi connectivity index (χ3v) is 4.77. The van der Waals surface area contributed by atoms with Gasteiger partial charge in [0, 0.05) is 40.8 Å². The summed E-state index contributed by atoms with van der Waals surface area (Å²) in [5, 5.41) is 4.88. The molecule has 3 aromatic rings. The molecule has 130 valence electrons. The lowest BCUT2D eigenvalue weighted by atomic mass is 10.1. The molecule has 1 N–H and O–H groups in total. The summed E-state index contributed by atoms with van der Waals surface area (Å²) in [6, 6.07) is 14.0. The number of rotatable bonds is 6. The van der Waals surface area contributed by atoms with Crippen LogP contribution in [0.25, 0.3) is 10.9 Å². The highest BCUT2D eigenvalue weighted by molar-refractivity contribution is 6.31. The van der Waals surface area contributed by atoms with Gasteiger partial charge in [0.25, 0.3) is 0 Å². The van der Waals surface area contributed by atoms with Gasteiger partial charge in [-0.05, 0) is 56.0 Å². The maximum Gasteiger partial charge on any atom is 0.224 e. The monoisotopic (exact) mass is 354 g/mol. The SMILES string of the molecule is CCn1cc(CCCC(=O)Nc2cc(Cl)ccc2C)c2ccccc21. The molecule has 0 unspecified atom stereocenters. The molecule has 1 heterocycles. The van der Waals surface area contributed by atoms with Crippen LogP contribution in [0.1, 0.15) is 30.9 Å². The van der Waals surface area contributed by atoms with E-state index in [1.54, 1.807) is 6.07 Å². The molecule has 0 spiro atoms. The van der Waals surface area contributed by atoms with E-state index >= 15 is 0 Å². The highest BCUT2D eigenvalue weighted by Crippen LogP contribution is 2.23. The summed E-state index contributed by atoms with van der Waals surface area (Å²) >= 11 is 6.00. The number of halogens is 1. The Morgan fingerprint density at radius 3 is 2.80 bits per heavy atom. The van der Waals surface area contributed by atoms with Crippen molar-refractivity contribution < 1.29 is 4.79 Å². The van der Waals surface area contributed by atoms with Crippen molar-refractivity contribution in [1.82, 2.24) is 4.57 Å². The summed E-state index contributed by atoms with van der Waals surface area (Å²) in [6.45, 7) is 5.07. The number of amides is 1. The molecule has 0 aliphatic carbocycles. The maximum absolute atomic E-state index is 12.2. The average molecular weight is 355 g/mol. The fraction of sp³-hybridized carbons (Fsp3) is 0.286. The normalized spacial score (nSPS) is 11.0. The molecule has 4 heteroatoms. The molecular formula is C21H23ClN2O. The van der Waals surface area contributed by atoms with Gasteiger partial charge in [-0.3, -0.25) is 4.79 Å². The quantitative estimate of drug-likeness (QED) is 0.615. The van der Waals surface area contributed by atoms with E-state index in [-0.39, 0.29) is 5.91 Å². The second kappa shape index (κ2) is 7.75. The molecule has 0 aliphatic heterocycles. The molecule has 0 radical (unpaired) electrons. The minimum Gasteiger partial charge on any atom is -0.347 e. The van der Waals surface area contributed by atoms with Crippen LogP contribution in [0.5, 0.6) is 0 Å². The molecule has 1 aromatic heterocycles. The number of hydrogen-bond acceptors (Lipinski definition) is 1. The summed E-state index contributed by atoms with van der Waals surface area (Å²) in [6.07, 6.45) is 4.43. The van der Waals surface area contributed by atoms with Gasteiger partial charge in [0.2, 0.25) is 5.91 Å². The largest absolute Gasteiger partial charge is 0.347 e. The number of aryl methyl sites for hydroxylation is 3. The van der Waals surface area contributed by atoms with Crippen LogP contribution in [0.2, 0.25) is 5.02 Å². The lowest BCUT2D eigenvalue weighted by molar-refractivity contribution is -0.116. The predicted octanol–water partition coefficient (Wildman–Crippen LogP) is 5.58. The summed E-state index contributed by atoms with van der Waals surface area (Å²) in [7, 11) is 0. The van der Waals surface area contributed by atoms with Crippen LogP contribution in [-0.4, -0.2) is 10.5 Å². The van der Waals surface area contributed by atoms with E-state index < -0.39 is 0 Å². The van der Waals surface area contributed by atoms with Crippen molar-refractivity contribution in [3.8, 4) is 0 Å². The van der Waals surface area contributed by atoms with Crippen LogP contribution >= 0.6 is 11.6 Å². The summed E-state index contributed by atoms with van der Waals surface area (Å²) in [5.41, 5.74) is 4.38. The number of carbonyl (C=O) groups excluding carboxylic acids is 1. The number of anilines is 1. The van der Waals surface area contributed by atoms with Crippen molar-refractivity contribution in [2.75, 3.05) is 5.32 Å². The molecule has 2 aromatic carbocycles. The predicted molar refractivity (Wildman–Crippen MR) is 105 cm³/mol. The van der Waals surface area contributed by atoms with Crippen LogP contribution in [0.15, 0.2) is 48.7 Å². The Morgan fingerprint density at radius 1 is 1.20 bits per heavy atom. The van der Waals surface area contributed by atoms with E-state index in [1.165, 1.54) is 16.5 Å². The molecule has 0 fully saturated rings. The molecule has 0 aliphatic rings. The molecule has 3 rings (SSSR count). The van der Waals surface area contributed by atoms with Crippen molar-refractivity contribution in [2.24, 2.45) is 0 Å². The van der Waals surface area contributed by atoms with Gasteiger partial charge in [-0.25, -0.2) is 0 Å². The van der Waals surface area contributed by atoms with E-state index in [1.807, 2.05) is 19.1 Å². The van der Waals surface area contributed by atoms with E-state index in [2.05, 4.69) is 47.3 Å². The third-order valence-electron chi connectivity index (χ3n) is 4.54. The number of hydrogen-bond donors (Lipinski definition) is 1. The van der Waals surface area contributed by atoms with Gasteiger partial charge in [-0.2, -0.15) is 0 Å². The smallest absolute Gasteiger partial charge is 0.224 e. The average Bonchev–Trinajstić information content (AvgIpc) is 2.96. The molecule has 3 nitrogen and oxygen atoms in total. The van der Waals surface area contributed by atoms with Crippen molar-refractivity contribution >= 4 is 34.1 Å². The van der Waals surface area contributed by atoms with Crippen molar-refractivity contribution in [2.45, 2.75) is 39.7 Å². The Bertz CT molecular complexity index is 898. The molecule has 1 amide bonds. The Hall–Kier alpha value is -2.26. The second-order valence-electron chi connectivity index (χ2n) is 6.32. The van der Waals surface area contributed by atoms with Crippen molar-refractivity contribution in [3.05, 3.63) is 64.8 Å². The summed E-state index contributed by atoms with van der Waals surface area (Å²) in [5.74, 6) is 0.0320. The highest BCUT2D eigenvalue weighted by Gasteiger charge is 2.09. The van der Waals surface area contributed by atoms with Gasteiger partial charge in [0.15, 0.2) is 0 Å². The first-order valence-corrected chi connectivity index (χ1v) is 9.09. The minimum absolute atomic E-state index is 0.0320. The topological polar surface area (TPSA) is 34.0 Å². The van der Waals surface area contributed by atoms with Crippen molar-refractivity contribution in [3.63, 3.8) is 0 Å². The minimum atomic E-state index is 0.0320. The van der Waals surface area contributed by atoms with E-state index in [0.29, 0.717) is 11.4 Å². The number of nitrogens with one attached hydrogen (secondary N) is 1. The molecular weight excluding hydrogens is 332 g/mol. The molecule has 25 heavy (non-hydrogen) atoms. The first-order chi connectivity index (χ1) is 12.1. The van der Waals surface area contributed by atoms with Gasteiger partial charge < -0.3 is 9.88 Å². The first-order valence-electron chi connectivity index (χ1n) is 8.71. The Morgan fingerprint density at radius 2 is 2.00 bits per heavy atom. The fourth-order valence-electron chi connectivity index (χ4n) is 3.16. The van der Waals surface area contributed by atoms with E-state index in [9.17, 15) is 4.79 Å². The zero-order valence-electron chi connectivity index (χ0n) is 14.7. The number of para-hydroxylation sites is 1. The molecule has 0 atom stereocenters. The lowest BCUT2D eigenvalue weighted by Gasteiger charge is -2.08. The zero-order chi connectivity index (χ0) is 17.8. The number of benzene rings is 2. The number of fused-ring (bicyclic) bond motifs is 1. The van der Waals surface area contributed by atoms with Gasteiger partial charge in [-0.15, -0.1) is 0 Å². The fourth-order valence-corrected chi connectivity index (χ4v) is 3.34. The van der Waals surface area contributed by atoms with Gasteiger partial charge in [0.1, 0.15) is 0 Å². The standard InChI is InChI=1S/C21H23ClN2O/c1-3-24-14-16(18-8-4-5-9-20(18)24)7-6-10-21(25)23-19-13-17(22)12-11-15(19)2/h4-5,8-9,11-14H,3,6-7,10H2,1-2H3,(H,23,25). The Labute approximate surface area is 153 Å². The van der Waals surface area contributed by atoms with Crippen LogP contribution in [-0.2, 0) is 17.8 Å². The molecule has 0 bridgehead atoms. The second-order valence-corrected chi connectivity index (χ2v) is 6.75. The number of nitrogens with zero attached hydrogens (tertiary/aromatic N) is 1. The van der Waals surface area contributed by atoms with Crippen LogP contribution < -0.4 is 5.32 Å². The van der Waals surface area contributed by atoms with Crippen LogP contribution in [0.4, 0.5) is 5.69 Å². The number of aromatic nitrogens is 1. The van der Waals surface area contributed by atoms with Crippen molar-refractivity contribution in [1.29, 1.82) is 0 Å².